The Morgan fingerprint density at radius 3 is 2.54 bits per heavy atom. The van der Waals surface area contributed by atoms with Crippen LogP contribution in [0.1, 0.15) is 12.5 Å². The highest BCUT2D eigenvalue weighted by Crippen LogP contribution is 2.22. The molecule has 0 bridgehead atoms. The van der Waals surface area contributed by atoms with Crippen LogP contribution in [0.5, 0.6) is 0 Å². The Hall–Kier alpha value is -1.89. The highest BCUT2D eigenvalue weighted by atomic mass is 32.2. The Morgan fingerprint density at radius 1 is 1.14 bits per heavy atom. The molecule has 1 aliphatic rings. The summed E-state index contributed by atoms with van der Waals surface area (Å²) in [6.07, 6.45) is 0. The molecule has 0 saturated carbocycles. The van der Waals surface area contributed by atoms with E-state index in [1.807, 2.05) is 35.2 Å². The van der Waals surface area contributed by atoms with E-state index in [9.17, 15) is 9.18 Å². The molecule has 3 rings (SSSR count). The number of morpholine rings is 1. The summed E-state index contributed by atoms with van der Waals surface area (Å²) in [6, 6.07) is 16.7. The van der Waals surface area contributed by atoms with Gasteiger partial charge in [0.1, 0.15) is 5.82 Å². The Kier molecular flexibility index (Phi) is 7.89. The van der Waals surface area contributed by atoms with Crippen LogP contribution in [-0.4, -0.2) is 60.3 Å². The van der Waals surface area contributed by atoms with Gasteiger partial charge in [-0.25, -0.2) is 4.39 Å². The van der Waals surface area contributed by atoms with Crippen LogP contribution in [0.3, 0.4) is 0 Å². The van der Waals surface area contributed by atoms with Crippen molar-refractivity contribution in [3.8, 4) is 0 Å². The fraction of sp³-hybridized carbons (Fsp3) is 0.409. The molecule has 0 spiro atoms. The molecule has 2 aromatic carbocycles. The number of ether oxygens (including phenoxy) is 1. The first kappa shape index (κ1) is 20.8. The molecule has 28 heavy (non-hydrogen) atoms. The van der Waals surface area contributed by atoms with Gasteiger partial charge in [-0.1, -0.05) is 42.5 Å². The number of nitrogens with zero attached hydrogens (tertiary/aromatic N) is 2. The van der Waals surface area contributed by atoms with Gasteiger partial charge in [-0.2, -0.15) is 0 Å². The summed E-state index contributed by atoms with van der Waals surface area (Å²) < 4.78 is 19.3. The highest BCUT2D eigenvalue weighted by Gasteiger charge is 2.24. The molecule has 4 nitrogen and oxygen atoms in total. The van der Waals surface area contributed by atoms with Gasteiger partial charge in [0.05, 0.1) is 19.0 Å². The molecule has 1 unspecified atom stereocenters. The van der Waals surface area contributed by atoms with Gasteiger partial charge in [0.25, 0.3) is 0 Å². The molecule has 1 heterocycles. The Balaban J connectivity index is 1.67. The second kappa shape index (κ2) is 10.6. The fourth-order valence-corrected chi connectivity index (χ4v) is 4.14. The van der Waals surface area contributed by atoms with Crippen LogP contribution in [0.4, 0.5) is 4.39 Å². The van der Waals surface area contributed by atoms with Crippen LogP contribution in [0.15, 0.2) is 59.5 Å². The molecule has 150 valence electrons. The van der Waals surface area contributed by atoms with Crippen molar-refractivity contribution in [3.05, 3.63) is 66.0 Å². The predicted molar refractivity (Wildman–Crippen MR) is 111 cm³/mol. The Labute approximate surface area is 170 Å². The first-order valence-corrected chi connectivity index (χ1v) is 10.6. The molecule has 0 radical (unpaired) electrons. The van der Waals surface area contributed by atoms with Gasteiger partial charge < -0.3 is 9.64 Å². The van der Waals surface area contributed by atoms with Crippen molar-refractivity contribution in [2.24, 2.45) is 0 Å². The number of halogens is 1. The van der Waals surface area contributed by atoms with Gasteiger partial charge in [0.2, 0.25) is 5.91 Å². The number of carbonyl (C=O) groups is 1. The third kappa shape index (κ3) is 6.06. The minimum absolute atomic E-state index is 0.0258. The fourth-order valence-electron chi connectivity index (χ4n) is 3.31. The summed E-state index contributed by atoms with van der Waals surface area (Å²) in [5, 5.41) is 0. The molecule has 1 amide bonds. The van der Waals surface area contributed by atoms with E-state index >= 15 is 0 Å². The zero-order valence-electron chi connectivity index (χ0n) is 16.2. The zero-order valence-corrected chi connectivity index (χ0v) is 17.0. The van der Waals surface area contributed by atoms with Gasteiger partial charge in [-0.3, -0.25) is 9.69 Å². The molecule has 1 saturated heterocycles. The number of carbonyl (C=O) groups excluding carboxylic acids is 1. The van der Waals surface area contributed by atoms with Gasteiger partial charge in [0.15, 0.2) is 0 Å². The Morgan fingerprint density at radius 2 is 1.82 bits per heavy atom. The van der Waals surface area contributed by atoms with Crippen molar-refractivity contribution in [2.45, 2.75) is 24.4 Å². The summed E-state index contributed by atoms with van der Waals surface area (Å²) in [7, 11) is 0. The smallest absolute Gasteiger partial charge is 0.233 e. The lowest BCUT2D eigenvalue weighted by Crippen LogP contribution is -2.48. The van der Waals surface area contributed by atoms with Crippen LogP contribution >= 0.6 is 11.8 Å². The second-order valence-corrected chi connectivity index (χ2v) is 8.01. The molecule has 1 fully saturated rings. The molecule has 0 aliphatic carbocycles. The van der Waals surface area contributed by atoms with Crippen molar-refractivity contribution in [1.29, 1.82) is 0 Å². The maximum Gasteiger partial charge on any atom is 0.233 e. The number of rotatable bonds is 8. The van der Waals surface area contributed by atoms with Gasteiger partial charge in [-0.15, -0.1) is 11.8 Å². The summed E-state index contributed by atoms with van der Waals surface area (Å²) in [5.74, 6) is -0.0320. The normalized spacial score (nSPS) is 15.9. The Bertz CT molecular complexity index is 753. The van der Waals surface area contributed by atoms with E-state index in [1.54, 1.807) is 18.2 Å². The van der Waals surface area contributed by atoms with Crippen LogP contribution in [0, 0.1) is 5.82 Å². The van der Waals surface area contributed by atoms with Crippen molar-refractivity contribution in [1.82, 2.24) is 9.80 Å². The van der Waals surface area contributed by atoms with Crippen molar-refractivity contribution in [2.75, 3.05) is 38.6 Å². The monoisotopic (exact) mass is 402 g/mol. The van der Waals surface area contributed by atoms with E-state index in [0.29, 0.717) is 11.4 Å². The first-order chi connectivity index (χ1) is 13.6. The third-order valence-corrected chi connectivity index (χ3v) is 5.90. The third-order valence-electron chi connectivity index (χ3n) is 4.86. The molecule has 2 aromatic rings. The van der Waals surface area contributed by atoms with Crippen molar-refractivity contribution >= 4 is 17.7 Å². The lowest BCUT2D eigenvalue weighted by atomic mass is 10.1. The molecule has 0 aromatic heterocycles. The SMILES string of the molecule is CC(CN1CCOCC1)N(Cc1ccccc1)C(=O)CSc1ccccc1F. The van der Waals surface area contributed by atoms with Gasteiger partial charge in [-0.05, 0) is 24.6 Å². The van der Waals surface area contributed by atoms with Crippen LogP contribution in [0.25, 0.3) is 0 Å². The van der Waals surface area contributed by atoms with Crippen molar-refractivity contribution < 1.29 is 13.9 Å². The minimum Gasteiger partial charge on any atom is -0.379 e. The molecule has 1 aliphatic heterocycles. The van der Waals surface area contributed by atoms with Gasteiger partial charge >= 0.3 is 0 Å². The topological polar surface area (TPSA) is 32.8 Å². The highest BCUT2D eigenvalue weighted by molar-refractivity contribution is 8.00. The van der Waals surface area contributed by atoms with Crippen LogP contribution < -0.4 is 0 Å². The largest absolute Gasteiger partial charge is 0.379 e. The minimum atomic E-state index is -0.281. The summed E-state index contributed by atoms with van der Waals surface area (Å²) >= 11 is 1.26. The van der Waals surface area contributed by atoms with E-state index in [-0.39, 0.29) is 23.5 Å². The molecular formula is C22H27FN2O2S. The molecular weight excluding hydrogens is 375 g/mol. The lowest BCUT2D eigenvalue weighted by Gasteiger charge is -2.35. The van der Waals surface area contributed by atoms with Gasteiger partial charge in [0, 0.05) is 37.1 Å². The van der Waals surface area contributed by atoms with Crippen LogP contribution in [0.2, 0.25) is 0 Å². The molecule has 0 N–H and O–H groups in total. The number of hydrogen-bond acceptors (Lipinski definition) is 4. The molecule has 6 heteroatoms. The van der Waals surface area contributed by atoms with E-state index in [2.05, 4.69) is 11.8 Å². The van der Waals surface area contributed by atoms with Crippen molar-refractivity contribution in [3.63, 3.8) is 0 Å². The maximum atomic E-state index is 13.9. The van der Waals surface area contributed by atoms with E-state index in [1.165, 1.54) is 17.8 Å². The first-order valence-electron chi connectivity index (χ1n) is 9.64. The number of benzene rings is 2. The summed E-state index contributed by atoms with van der Waals surface area (Å²) in [6.45, 7) is 6.72. The zero-order chi connectivity index (χ0) is 19.8. The van der Waals surface area contributed by atoms with Crippen LogP contribution in [-0.2, 0) is 16.1 Å². The number of amides is 1. The predicted octanol–water partition coefficient (Wildman–Crippen LogP) is 3.67. The average molecular weight is 403 g/mol. The quantitative estimate of drug-likeness (QED) is 0.631. The maximum absolute atomic E-state index is 13.9. The van der Waals surface area contributed by atoms with E-state index < -0.39 is 0 Å². The molecule has 1 atom stereocenters. The second-order valence-electron chi connectivity index (χ2n) is 6.99. The summed E-state index contributed by atoms with van der Waals surface area (Å²) in [4.78, 5) is 17.8. The number of thioether (sulfide) groups is 1. The number of hydrogen-bond donors (Lipinski definition) is 0. The van der Waals surface area contributed by atoms with E-state index in [4.69, 9.17) is 4.74 Å². The van der Waals surface area contributed by atoms with E-state index in [0.717, 1.165) is 38.4 Å². The standard InChI is InChI=1S/C22H27FN2O2S/c1-18(15-24-11-13-27-14-12-24)25(16-19-7-3-2-4-8-19)22(26)17-28-21-10-6-5-9-20(21)23/h2-10,18H,11-17H2,1H3. The summed E-state index contributed by atoms with van der Waals surface area (Å²) in [5.41, 5.74) is 1.10. The lowest BCUT2D eigenvalue weighted by molar-refractivity contribution is -0.131. The average Bonchev–Trinajstić information content (AvgIpc) is 2.72.